The van der Waals surface area contributed by atoms with Crippen molar-refractivity contribution in [2.45, 2.75) is 38.8 Å². The minimum atomic E-state index is -0.296. The molecule has 2 atom stereocenters. The molecule has 2 aromatic carbocycles. The summed E-state index contributed by atoms with van der Waals surface area (Å²) in [5, 5.41) is 15.2. The molecule has 152 valence electrons. The van der Waals surface area contributed by atoms with Crippen LogP contribution in [-0.2, 0) is 6.42 Å². The fourth-order valence-corrected chi connectivity index (χ4v) is 3.02. The van der Waals surface area contributed by atoms with Gasteiger partial charge in [-0.25, -0.2) is 9.18 Å². The third-order valence-corrected chi connectivity index (χ3v) is 4.74. The number of aliphatic hydroxyl groups excluding tert-OH is 1. The fraction of sp³-hybridized carbons (Fsp3) is 0.409. The summed E-state index contributed by atoms with van der Waals surface area (Å²) in [5.74, 6) is 0.644. The lowest BCUT2D eigenvalue weighted by molar-refractivity contribution is 0.216. The van der Waals surface area contributed by atoms with Crippen LogP contribution in [0.4, 0.5) is 9.18 Å². The molecule has 2 amide bonds. The van der Waals surface area contributed by atoms with Gasteiger partial charge in [-0.2, -0.15) is 0 Å². The van der Waals surface area contributed by atoms with E-state index in [0.29, 0.717) is 12.8 Å². The highest BCUT2D eigenvalue weighted by atomic mass is 19.1. The van der Waals surface area contributed by atoms with Crippen LogP contribution in [0.15, 0.2) is 48.5 Å². The monoisotopic (exact) mass is 388 g/mol. The van der Waals surface area contributed by atoms with Crippen molar-refractivity contribution in [3.8, 4) is 5.75 Å². The number of ether oxygens (including phenoxy) is 1. The first-order chi connectivity index (χ1) is 13.4. The minimum Gasteiger partial charge on any atom is -0.497 e. The summed E-state index contributed by atoms with van der Waals surface area (Å²) >= 11 is 0. The standard InChI is InChI=1S/C22H29FN2O3/c1-15(2)20(12-13-26)24-22(27)25-21(14-16-4-8-18(23)9-5-16)17-6-10-19(28-3)11-7-17/h4-11,15,20-21,26H,12-14H2,1-3H3,(H2,24,25,27). The van der Waals surface area contributed by atoms with E-state index in [0.717, 1.165) is 16.9 Å². The van der Waals surface area contributed by atoms with Crippen LogP contribution < -0.4 is 15.4 Å². The number of carbonyl (C=O) groups is 1. The Morgan fingerprint density at radius 1 is 1.07 bits per heavy atom. The van der Waals surface area contributed by atoms with Gasteiger partial charge in [-0.15, -0.1) is 0 Å². The highest BCUT2D eigenvalue weighted by Gasteiger charge is 2.20. The largest absolute Gasteiger partial charge is 0.497 e. The second kappa shape index (κ2) is 10.7. The Labute approximate surface area is 165 Å². The number of urea groups is 1. The van der Waals surface area contributed by atoms with Crippen molar-refractivity contribution in [1.82, 2.24) is 10.6 Å². The number of hydrogen-bond acceptors (Lipinski definition) is 3. The van der Waals surface area contributed by atoms with Crippen molar-refractivity contribution in [2.75, 3.05) is 13.7 Å². The quantitative estimate of drug-likeness (QED) is 0.612. The van der Waals surface area contributed by atoms with Gasteiger partial charge in [0.05, 0.1) is 13.2 Å². The van der Waals surface area contributed by atoms with E-state index in [4.69, 9.17) is 4.74 Å². The van der Waals surface area contributed by atoms with E-state index < -0.39 is 0 Å². The molecule has 0 aliphatic heterocycles. The zero-order valence-electron chi connectivity index (χ0n) is 16.6. The molecule has 0 saturated heterocycles. The maximum Gasteiger partial charge on any atom is 0.315 e. The minimum absolute atomic E-state index is 0.0145. The summed E-state index contributed by atoms with van der Waals surface area (Å²) in [4.78, 5) is 12.6. The van der Waals surface area contributed by atoms with Crippen LogP contribution in [0.1, 0.15) is 37.4 Å². The summed E-state index contributed by atoms with van der Waals surface area (Å²) in [6.07, 6.45) is 1.02. The Morgan fingerprint density at radius 3 is 2.25 bits per heavy atom. The first-order valence-corrected chi connectivity index (χ1v) is 9.49. The molecule has 0 aromatic heterocycles. The number of amides is 2. The Morgan fingerprint density at radius 2 is 1.71 bits per heavy atom. The SMILES string of the molecule is COc1ccc(C(Cc2ccc(F)cc2)NC(=O)NC(CCO)C(C)C)cc1. The maximum atomic E-state index is 13.2. The number of aliphatic hydroxyl groups is 1. The molecule has 0 spiro atoms. The van der Waals surface area contributed by atoms with Crippen LogP contribution in [0.25, 0.3) is 0 Å². The van der Waals surface area contributed by atoms with Crippen LogP contribution in [0.2, 0.25) is 0 Å². The normalized spacial score (nSPS) is 13.1. The predicted octanol–water partition coefficient (Wildman–Crippen LogP) is 3.82. The average molecular weight is 388 g/mol. The van der Waals surface area contributed by atoms with Gasteiger partial charge in [-0.05, 0) is 54.2 Å². The molecule has 2 rings (SSSR count). The van der Waals surface area contributed by atoms with Crippen molar-refractivity contribution in [3.05, 3.63) is 65.5 Å². The van der Waals surface area contributed by atoms with Crippen molar-refractivity contribution in [1.29, 1.82) is 0 Å². The Bertz CT molecular complexity index is 732. The van der Waals surface area contributed by atoms with E-state index in [-0.39, 0.29) is 36.5 Å². The number of nitrogens with one attached hydrogen (secondary N) is 2. The van der Waals surface area contributed by atoms with Gasteiger partial charge < -0.3 is 20.5 Å². The number of benzene rings is 2. The van der Waals surface area contributed by atoms with Gasteiger partial charge in [0.1, 0.15) is 11.6 Å². The van der Waals surface area contributed by atoms with Gasteiger partial charge in [0, 0.05) is 12.6 Å². The van der Waals surface area contributed by atoms with Gasteiger partial charge in [0.2, 0.25) is 0 Å². The summed E-state index contributed by atoms with van der Waals surface area (Å²) in [6, 6.07) is 13.0. The molecule has 0 bridgehead atoms. The Hall–Kier alpha value is -2.60. The molecule has 5 nitrogen and oxygen atoms in total. The highest BCUT2D eigenvalue weighted by molar-refractivity contribution is 5.75. The van der Waals surface area contributed by atoms with E-state index in [9.17, 15) is 14.3 Å². The molecule has 0 saturated carbocycles. The first-order valence-electron chi connectivity index (χ1n) is 9.49. The number of halogens is 1. The van der Waals surface area contributed by atoms with Gasteiger partial charge >= 0.3 is 6.03 Å². The lowest BCUT2D eigenvalue weighted by atomic mass is 9.98. The molecule has 28 heavy (non-hydrogen) atoms. The Balaban J connectivity index is 2.16. The molecule has 0 heterocycles. The van der Waals surface area contributed by atoms with E-state index in [1.165, 1.54) is 12.1 Å². The maximum absolute atomic E-state index is 13.2. The van der Waals surface area contributed by atoms with Gasteiger partial charge in [-0.3, -0.25) is 0 Å². The second-order valence-electron chi connectivity index (χ2n) is 7.14. The third kappa shape index (κ3) is 6.53. The third-order valence-electron chi connectivity index (χ3n) is 4.74. The number of rotatable bonds is 9. The molecule has 0 radical (unpaired) electrons. The first kappa shape index (κ1) is 21.7. The number of hydrogen-bond donors (Lipinski definition) is 3. The summed E-state index contributed by atoms with van der Waals surface area (Å²) in [7, 11) is 1.60. The predicted molar refractivity (Wildman–Crippen MR) is 108 cm³/mol. The molecule has 2 unspecified atom stereocenters. The fourth-order valence-electron chi connectivity index (χ4n) is 3.02. The molecule has 2 aromatic rings. The van der Waals surface area contributed by atoms with E-state index in [2.05, 4.69) is 10.6 Å². The molecule has 0 fully saturated rings. The molecular formula is C22H29FN2O3. The molecule has 0 aliphatic rings. The van der Waals surface area contributed by atoms with Crippen molar-refractivity contribution < 1.29 is 19.0 Å². The van der Waals surface area contributed by atoms with Gasteiger partial charge in [-0.1, -0.05) is 38.1 Å². The average Bonchev–Trinajstić information content (AvgIpc) is 2.69. The van der Waals surface area contributed by atoms with Crippen molar-refractivity contribution in [2.24, 2.45) is 5.92 Å². The zero-order valence-corrected chi connectivity index (χ0v) is 16.6. The van der Waals surface area contributed by atoms with Crippen LogP contribution >= 0.6 is 0 Å². The van der Waals surface area contributed by atoms with E-state index in [1.54, 1.807) is 19.2 Å². The molecular weight excluding hydrogens is 359 g/mol. The summed E-state index contributed by atoms with van der Waals surface area (Å²) < 4.78 is 18.4. The van der Waals surface area contributed by atoms with Crippen molar-refractivity contribution in [3.63, 3.8) is 0 Å². The summed E-state index contributed by atoms with van der Waals surface area (Å²) in [5.41, 5.74) is 1.84. The smallest absolute Gasteiger partial charge is 0.315 e. The number of carbonyl (C=O) groups excluding carboxylic acids is 1. The van der Waals surface area contributed by atoms with E-state index >= 15 is 0 Å². The molecule has 0 aliphatic carbocycles. The van der Waals surface area contributed by atoms with E-state index in [1.807, 2.05) is 38.1 Å². The summed E-state index contributed by atoms with van der Waals surface area (Å²) in [6.45, 7) is 4.01. The lowest BCUT2D eigenvalue weighted by Crippen LogP contribution is -2.46. The molecule has 6 heteroatoms. The van der Waals surface area contributed by atoms with Gasteiger partial charge in [0.15, 0.2) is 0 Å². The van der Waals surface area contributed by atoms with Crippen LogP contribution in [0.3, 0.4) is 0 Å². The Kier molecular flexibility index (Phi) is 8.26. The van der Waals surface area contributed by atoms with Gasteiger partial charge in [0.25, 0.3) is 0 Å². The number of methoxy groups -OCH3 is 1. The highest BCUT2D eigenvalue weighted by Crippen LogP contribution is 2.22. The topological polar surface area (TPSA) is 70.6 Å². The van der Waals surface area contributed by atoms with Crippen LogP contribution in [-0.4, -0.2) is 30.9 Å². The zero-order chi connectivity index (χ0) is 20.5. The van der Waals surface area contributed by atoms with Crippen LogP contribution in [0, 0.1) is 11.7 Å². The lowest BCUT2D eigenvalue weighted by Gasteiger charge is -2.25. The van der Waals surface area contributed by atoms with Crippen LogP contribution in [0.5, 0.6) is 5.75 Å². The van der Waals surface area contributed by atoms with Crippen molar-refractivity contribution >= 4 is 6.03 Å². The second-order valence-corrected chi connectivity index (χ2v) is 7.14. The molecule has 3 N–H and O–H groups in total.